The van der Waals surface area contributed by atoms with Crippen LogP contribution in [0.5, 0.6) is 0 Å². The highest BCUT2D eigenvalue weighted by atomic mass is 19.4. The minimum Gasteiger partial charge on any atom is -0.475 e. The number of carboxylic acid groups (broad SMARTS) is 1. The van der Waals surface area contributed by atoms with E-state index in [0.717, 1.165) is 16.7 Å². The number of hydrogen-bond donors (Lipinski definition) is 4. The molecule has 4 rings (SSSR count). The maximum absolute atomic E-state index is 13.0. The third kappa shape index (κ3) is 6.52. The number of pyridine rings is 1. The van der Waals surface area contributed by atoms with Crippen molar-refractivity contribution >= 4 is 5.97 Å². The number of nitrogens with zero attached hydrogens (tertiary/aromatic N) is 5. The summed E-state index contributed by atoms with van der Waals surface area (Å²) in [5.74, 6) is -1.71. The molecule has 0 atom stereocenters. The van der Waals surface area contributed by atoms with E-state index < -0.39 is 23.9 Å². The van der Waals surface area contributed by atoms with Gasteiger partial charge in [0.1, 0.15) is 18.0 Å². The summed E-state index contributed by atoms with van der Waals surface area (Å²) in [5.41, 5.74) is 7.77. The average Bonchev–Trinajstić information content (AvgIpc) is 3.52. The van der Waals surface area contributed by atoms with Crippen LogP contribution in [-0.4, -0.2) is 58.7 Å². The van der Waals surface area contributed by atoms with Crippen molar-refractivity contribution in [2.24, 2.45) is 5.73 Å². The van der Waals surface area contributed by atoms with Gasteiger partial charge in [0.2, 0.25) is 0 Å². The van der Waals surface area contributed by atoms with Crippen LogP contribution >= 0.6 is 0 Å². The number of aryl methyl sites for hydroxylation is 1. The van der Waals surface area contributed by atoms with Crippen LogP contribution in [0.1, 0.15) is 11.4 Å². The molecule has 0 fully saturated rings. The first-order valence-corrected chi connectivity index (χ1v) is 10.5. The smallest absolute Gasteiger partial charge is 0.475 e. The van der Waals surface area contributed by atoms with Gasteiger partial charge in [-0.05, 0) is 30.2 Å². The summed E-state index contributed by atoms with van der Waals surface area (Å²) >= 11 is 0. The Morgan fingerprint density at radius 3 is 2.34 bits per heavy atom. The Bertz CT molecular complexity index is 1510. The zero-order chi connectivity index (χ0) is 28.0. The molecular weight excluding hydrogens is 519 g/mol. The van der Waals surface area contributed by atoms with Crippen molar-refractivity contribution < 1.29 is 31.9 Å². The Hall–Kier alpha value is -4.73. The molecule has 0 saturated heterocycles. The molecule has 4 aromatic rings. The molecule has 200 valence electrons. The van der Waals surface area contributed by atoms with Crippen molar-refractivity contribution in [1.29, 1.82) is 0 Å². The molecule has 0 radical (unpaired) electrons. The summed E-state index contributed by atoms with van der Waals surface area (Å²) in [4.78, 5) is 29.8. The molecule has 3 aromatic heterocycles. The lowest BCUT2D eigenvalue weighted by Gasteiger charge is -2.11. The number of hydrogen-bond acceptors (Lipinski definition) is 7. The third-order valence-corrected chi connectivity index (χ3v) is 5.02. The standard InChI is InChI=1S/C20H18F2N8O.C2HF3O2/c1-11-5-15(12-3-2-4-13(6-12)18-25-10-26-28-18)9-24-19(11)30-16(27-29-20(30)31)7-14(8-23)17(21)22;3-2(4,5)1(6)7/h2-6,9-10H,7-8,23H2,1H3,(H,29,31)(H,25,26,28);(H,6,7). The van der Waals surface area contributed by atoms with Crippen molar-refractivity contribution in [2.75, 3.05) is 6.54 Å². The van der Waals surface area contributed by atoms with Crippen LogP contribution < -0.4 is 11.4 Å². The Balaban J connectivity index is 0.000000505. The second-order valence-electron chi connectivity index (χ2n) is 7.61. The molecule has 0 aliphatic carbocycles. The van der Waals surface area contributed by atoms with Crippen molar-refractivity contribution in [2.45, 2.75) is 19.5 Å². The number of H-pyrrole nitrogens is 2. The van der Waals surface area contributed by atoms with Crippen LogP contribution in [0.15, 0.2) is 59.3 Å². The highest BCUT2D eigenvalue weighted by Gasteiger charge is 2.38. The third-order valence-electron chi connectivity index (χ3n) is 5.02. The van der Waals surface area contributed by atoms with Crippen LogP contribution in [0.4, 0.5) is 22.0 Å². The summed E-state index contributed by atoms with van der Waals surface area (Å²) in [6.07, 6.45) is -4.18. The second-order valence-corrected chi connectivity index (χ2v) is 7.61. The van der Waals surface area contributed by atoms with Crippen molar-refractivity contribution in [1.82, 2.24) is 34.9 Å². The molecule has 0 spiro atoms. The van der Waals surface area contributed by atoms with Gasteiger partial charge in [-0.25, -0.2) is 29.2 Å². The largest absolute Gasteiger partial charge is 0.490 e. The molecule has 0 saturated carbocycles. The first-order valence-electron chi connectivity index (χ1n) is 10.5. The van der Waals surface area contributed by atoms with Crippen molar-refractivity contribution in [3.63, 3.8) is 0 Å². The molecule has 11 nitrogen and oxygen atoms in total. The van der Waals surface area contributed by atoms with Gasteiger partial charge in [-0.15, -0.1) is 0 Å². The van der Waals surface area contributed by atoms with Crippen molar-refractivity contribution in [3.05, 3.63) is 76.4 Å². The molecule has 0 aliphatic heterocycles. The number of carbonyl (C=O) groups is 1. The number of halogens is 5. The van der Waals surface area contributed by atoms with Crippen LogP contribution in [0.2, 0.25) is 0 Å². The van der Waals surface area contributed by atoms with Crippen LogP contribution in [0.3, 0.4) is 0 Å². The van der Waals surface area contributed by atoms with Gasteiger partial charge < -0.3 is 10.8 Å². The van der Waals surface area contributed by atoms with Gasteiger partial charge in [0.05, 0.1) is 0 Å². The number of alkyl halides is 3. The number of nitrogens with two attached hydrogens (primary N) is 1. The Kier molecular flexibility index (Phi) is 8.46. The molecule has 1 aromatic carbocycles. The molecular formula is C22H19F5N8O3. The quantitative estimate of drug-likeness (QED) is 0.272. The molecule has 0 bridgehead atoms. The summed E-state index contributed by atoms with van der Waals surface area (Å²) in [6, 6.07) is 9.52. The predicted octanol–water partition coefficient (Wildman–Crippen LogP) is 3.00. The molecule has 0 amide bonds. The minimum absolute atomic E-state index is 0.105. The fraction of sp³-hybridized carbons (Fsp3) is 0.182. The highest BCUT2D eigenvalue weighted by Crippen LogP contribution is 2.26. The lowest BCUT2D eigenvalue weighted by atomic mass is 10.0. The van der Waals surface area contributed by atoms with Crippen molar-refractivity contribution in [3.8, 4) is 28.3 Å². The van der Waals surface area contributed by atoms with E-state index >= 15 is 0 Å². The van der Waals surface area contributed by atoms with Crippen LogP contribution in [-0.2, 0) is 11.2 Å². The fourth-order valence-corrected chi connectivity index (χ4v) is 3.22. The average molecular weight is 538 g/mol. The summed E-state index contributed by atoms with van der Waals surface area (Å²) in [7, 11) is 0. The van der Waals surface area contributed by atoms with Crippen LogP contribution in [0, 0.1) is 6.92 Å². The topological polar surface area (TPSA) is 168 Å². The summed E-state index contributed by atoms with van der Waals surface area (Å²) < 4.78 is 59.0. The fourth-order valence-electron chi connectivity index (χ4n) is 3.22. The van der Waals surface area contributed by atoms with E-state index in [1.165, 1.54) is 10.9 Å². The SMILES string of the molecule is Cc1cc(-c2cccc(-c3ncn[nH]3)c2)cnc1-n1c(CC(CN)=C(F)F)n[nH]c1=O.O=C(O)C(F)(F)F. The Labute approximate surface area is 209 Å². The number of nitrogens with one attached hydrogen (secondary N) is 2. The van der Waals surface area contributed by atoms with Gasteiger partial charge >= 0.3 is 17.8 Å². The summed E-state index contributed by atoms with van der Waals surface area (Å²) in [6.45, 7) is 1.45. The molecule has 0 unspecified atom stereocenters. The highest BCUT2D eigenvalue weighted by molar-refractivity contribution is 5.73. The minimum atomic E-state index is -5.08. The summed E-state index contributed by atoms with van der Waals surface area (Å²) in [5, 5.41) is 20.0. The molecule has 0 aliphatic rings. The van der Waals surface area contributed by atoms with E-state index in [0.29, 0.717) is 17.2 Å². The van der Waals surface area contributed by atoms with E-state index in [2.05, 4.69) is 30.4 Å². The van der Waals surface area contributed by atoms with Gasteiger partial charge in [0.15, 0.2) is 5.82 Å². The molecule has 38 heavy (non-hydrogen) atoms. The van der Waals surface area contributed by atoms with Crippen LogP contribution in [0.25, 0.3) is 28.3 Å². The first kappa shape index (κ1) is 27.9. The monoisotopic (exact) mass is 538 g/mol. The lowest BCUT2D eigenvalue weighted by Crippen LogP contribution is -2.21. The number of benzene rings is 1. The molecule has 3 heterocycles. The Morgan fingerprint density at radius 1 is 1.11 bits per heavy atom. The maximum Gasteiger partial charge on any atom is 0.490 e. The van der Waals surface area contributed by atoms with Gasteiger partial charge in [-0.3, -0.25) is 5.10 Å². The molecule has 5 N–H and O–H groups in total. The predicted molar refractivity (Wildman–Crippen MR) is 123 cm³/mol. The Morgan fingerprint density at radius 2 is 1.79 bits per heavy atom. The van der Waals surface area contributed by atoms with E-state index in [9.17, 15) is 26.7 Å². The maximum atomic E-state index is 13.0. The van der Waals surface area contributed by atoms with Gasteiger partial charge in [-0.2, -0.15) is 32.1 Å². The van der Waals surface area contributed by atoms with E-state index in [-0.39, 0.29) is 24.4 Å². The molecule has 16 heteroatoms. The van der Waals surface area contributed by atoms with Gasteiger partial charge in [0, 0.05) is 35.9 Å². The normalized spacial score (nSPS) is 11.0. The zero-order valence-corrected chi connectivity index (χ0v) is 19.4. The lowest BCUT2D eigenvalue weighted by molar-refractivity contribution is -0.192. The van der Waals surface area contributed by atoms with Gasteiger partial charge in [0.25, 0.3) is 6.08 Å². The number of aromatic nitrogens is 7. The number of aliphatic carboxylic acids is 1. The number of rotatable bonds is 6. The van der Waals surface area contributed by atoms with E-state index in [4.69, 9.17) is 15.6 Å². The van der Waals surface area contributed by atoms with Gasteiger partial charge in [-0.1, -0.05) is 18.2 Å². The number of carboxylic acids is 1. The second kappa shape index (κ2) is 11.5. The zero-order valence-electron chi connectivity index (χ0n) is 19.4. The van der Waals surface area contributed by atoms with E-state index in [1.54, 1.807) is 13.1 Å². The van der Waals surface area contributed by atoms with E-state index in [1.807, 2.05) is 30.3 Å². The number of aromatic amines is 2. The first-order chi connectivity index (χ1) is 17.9.